The Morgan fingerprint density at radius 3 is 2.16 bits per heavy atom. The van der Waals surface area contributed by atoms with Crippen LogP contribution in [0.5, 0.6) is 0 Å². The predicted octanol–water partition coefficient (Wildman–Crippen LogP) is 6.95. The zero-order chi connectivity index (χ0) is 17.6. The molecule has 3 aromatic carbocycles. The molecule has 0 radical (unpaired) electrons. The van der Waals surface area contributed by atoms with E-state index in [1.807, 2.05) is 6.07 Å². The maximum atomic E-state index is 6.34. The quantitative estimate of drug-likeness (QED) is 0.413. The Morgan fingerprint density at radius 2 is 1.36 bits per heavy atom. The highest BCUT2D eigenvalue weighted by atomic mass is 35.5. The van der Waals surface area contributed by atoms with Gasteiger partial charge >= 0.3 is 0 Å². The van der Waals surface area contributed by atoms with Gasteiger partial charge in [-0.1, -0.05) is 81.8 Å². The summed E-state index contributed by atoms with van der Waals surface area (Å²) in [4.78, 5) is 0. The van der Waals surface area contributed by atoms with Crippen LogP contribution in [-0.4, -0.2) is 0 Å². The Morgan fingerprint density at radius 1 is 0.640 bits per heavy atom. The van der Waals surface area contributed by atoms with Crippen molar-refractivity contribution in [2.45, 2.75) is 38.5 Å². The molecule has 1 heteroatoms. The molecule has 0 N–H and O–H groups in total. The summed E-state index contributed by atoms with van der Waals surface area (Å²) in [6, 6.07) is 19.9. The first kappa shape index (κ1) is 15.2. The highest BCUT2D eigenvalue weighted by Crippen LogP contribution is 2.58. The molecule has 25 heavy (non-hydrogen) atoms. The van der Waals surface area contributed by atoms with Crippen LogP contribution in [0.4, 0.5) is 0 Å². The van der Waals surface area contributed by atoms with Crippen molar-refractivity contribution in [1.29, 1.82) is 0 Å². The molecule has 0 aliphatic heterocycles. The number of rotatable bonds is 0. The van der Waals surface area contributed by atoms with E-state index in [-0.39, 0.29) is 10.8 Å². The molecule has 124 valence electrons. The van der Waals surface area contributed by atoms with Gasteiger partial charge in [-0.15, -0.1) is 0 Å². The third kappa shape index (κ3) is 1.74. The minimum atomic E-state index is -0.0184. The first-order valence-electron chi connectivity index (χ1n) is 8.92. The molecule has 0 spiro atoms. The second-order valence-corrected chi connectivity index (χ2v) is 8.83. The molecule has 0 amide bonds. The van der Waals surface area contributed by atoms with Crippen molar-refractivity contribution in [2.24, 2.45) is 0 Å². The lowest BCUT2D eigenvalue weighted by molar-refractivity contribution is 0.647. The van der Waals surface area contributed by atoms with Crippen molar-refractivity contribution in [2.75, 3.05) is 0 Å². The second kappa shape index (κ2) is 4.56. The smallest absolute Gasteiger partial charge is 0.0409 e. The van der Waals surface area contributed by atoms with Gasteiger partial charge in [-0.2, -0.15) is 0 Å². The first-order valence-corrected chi connectivity index (χ1v) is 9.29. The minimum absolute atomic E-state index is 0.00853. The van der Waals surface area contributed by atoms with Crippen LogP contribution < -0.4 is 0 Å². The van der Waals surface area contributed by atoms with Crippen molar-refractivity contribution < 1.29 is 0 Å². The molecular formula is C24H21Cl. The molecule has 0 unspecified atom stereocenters. The Labute approximate surface area is 154 Å². The van der Waals surface area contributed by atoms with E-state index in [0.717, 1.165) is 5.02 Å². The van der Waals surface area contributed by atoms with Crippen LogP contribution >= 0.6 is 11.6 Å². The van der Waals surface area contributed by atoms with Crippen LogP contribution in [0, 0.1) is 0 Å². The maximum Gasteiger partial charge on any atom is 0.0409 e. The Hall–Kier alpha value is -2.05. The highest BCUT2D eigenvalue weighted by Gasteiger charge is 2.44. The van der Waals surface area contributed by atoms with Gasteiger partial charge in [-0.3, -0.25) is 0 Å². The Bertz CT molecular complexity index is 1050. The van der Waals surface area contributed by atoms with Gasteiger partial charge in [0.15, 0.2) is 0 Å². The van der Waals surface area contributed by atoms with Crippen LogP contribution in [0.2, 0.25) is 5.02 Å². The summed E-state index contributed by atoms with van der Waals surface area (Å²) in [5.74, 6) is 0. The molecule has 2 aliphatic rings. The zero-order valence-electron chi connectivity index (χ0n) is 15.1. The van der Waals surface area contributed by atoms with E-state index >= 15 is 0 Å². The van der Waals surface area contributed by atoms with Crippen molar-refractivity contribution >= 4 is 11.6 Å². The molecule has 0 saturated heterocycles. The molecule has 5 rings (SSSR count). The van der Waals surface area contributed by atoms with Crippen molar-refractivity contribution in [3.8, 4) is 22.3 Å². The summed E-state index contributed by atoms with van der Waals surface area (Å²) < 4.78 is 0. The van der Waals surface area contributed by atoms with E-state index in [2.05, 4.69) is 76.2 Å². The normalized spacial score (nSPS) is 17.6. The summed E-state index contributed by atoms with van der Waals surface area (Å²) >= 11 is 6.34. The van der Waals surface area contributed by atoms with Gasteiger partial charge in [0.1, 0.15) is 0 Å². The largest absolute Gasteiger partial charge is 0.0843 e. The molecule has 2 aliphatic carbocycles. The lowest BCUT2D eigenvalue weighted by Crippen LogP contribution is -2.18. The predicted molar refractivity (Wildman–Crippen MR) is 107 cm³/mol. The summed E-state index contributed by atoms with van der Waals surface area (Å²) in [6.45, 7) is 9.35. The lowest BCUT2D eigenvalue weighted by atomic mass is 9.77. The minimum Gasteiger partial charge on any atom is -0.0843 e. The van der Waals surface area contributed by atoms with Gasteiger partial charge in [0.05, 0.1) is 0 Å². The third-order valence-corrected chi connectivity index (χ3v) is 6.55. The summed E-state index contributed by atoms with van der Waals surface area (Å²) in [5, 5.41) is 0.818. The molecule has 3 aromatic rings. The SMILES string of the molecule is CC1(C)c2cc(Cl)ccc2-c2c1ccc1c2C(C)(C)c2ccccc2-1. The number of fused-ring (bicyclic) bond motifs is 7. The van der Waals surface area contributed by atoms with E-state index in [4.69, 9.17) is 11.6 Å². The fraction of sp³-hybridized carbons (Fsp3) is 0.250. The van der Waals surface area contributed by atoms with Crippen LogP contribution in [0.15, 0.2) is 54.6 Å². The molecular weight excluding hydrogens is 324 g/mol. The average Bonchev–Trinajstić information content (AvgIpc) is 2.95. The fourth-order valence-electron chi connectivity index (χ4n) is 5.07. The zero-order valence-corrected chi connectivity index (χ0v) is 15.8. The van der Waals surface area contributed by atoms with Crippen LogP contribution in [-0.2, 0) is 10.8 Å². The van der Waals surface area contributed by atoms with Crippen molar-refractivity contribution in [3.63, 3.8) is 0 Å². The Kier molecular flexibility index (Phi) is 2.78. The molecule has 0 heterocycles. The summed E-state index contributed by atoms with van der Waals surface area (Å²) in [5.41, 5.74) is 11.2. The summed E-state index contributed by atoms with van der Waals surface area (Å²) in [6.07, 6.45) is 0. The van der Waals surface area contributed by atoms with E-state index in [1.54, 1.807) is 0 Å². The third-order valence-electron chi connectivity index (χ3n) is 6.32. The first-order chi connectivity index (χ1) is 11.8. The number of halogens is 1. The average molecular weight is 345 g/mol. The van der Waals surface area contributed by atoms with Gasteiger partial charge in [0.2, 0.25) is 0 Å². The van der Waals surface area contributed by atoms with Crippen LogP contribution in [0.25, 0.3) is 22.3 Å². The van der Waals surface area contributed by atoms with Gasteiger partial charge in [-0.05, 0) is 56.6 Å². The standard InChI is InChI=1S/C24H21Cl/c1-23(2)19-12-11-16-15-7-5-6-8-18(15)24(3,4)22(16)21(19)17-10-9-14(25)13-20(17)23/h5-13H,1-4H3. The van der Waals surface area contributed by atoms with Gasteiger partial charge in [-0.25, -0.2) is 0 Å². The van der Waals surface area contributed by atoms with E-state index < -0.39 is 0 Å². The van der Waals surface area contributed by atoms with Crippen molar-refractivity contribution in [1.82, 2.24) is 0 Å². The van der Waals surface area contributed by atoms with Gasteiger partial charge in [0.25, 0.3) is 0 Å². The van der Waals surface area contributed by atoms with Crippen LogP contribution in [0.1, 0.15) is 49.9 Å². The number of hydrogen-bond donors (Lipinski definition) is 0. The summed E-state index contributed by atoms with van der Waals surface area (Å²) in [7, 11) is 0. The molecule has 0 atom stereocenters. The molecule has 0 aromatic heterocycles. The van der Waals surface area contributed by atoms with Crippen molar-refractivity contribution in [3.05, 3.63) is 81.9 Å². The molecule has 0 saturated carbocycles. The molecule has 0 fully saturated rings. The topological polar surface area (TPSA) is 0 Å². The van der Waals surface area contributed by atoms with Gasteiger partial charge in [0, 0.05) is 15.9 Å². The highest BCUT2D eigenvalue weighted by molar-refractivity contribution is 6.30. The van der Waals surface area contributed by atoms with Gasteiger partial charge < -0.3 is 0 Å². The molecule has 0 nitrogen and oxygen atoms in total. The maximum absolute atomic E-state index is 6.34. The van der Waals surface area contributed by atoms with E-state index in [9.17, 15) is 0 Å². The molecule has 0 bridgehead atoms. The Balaban J connectivity index is 1.93. The number of hydrogen-bond acceptors (Lipinski definition) is 0. The van der Waals surface area contributed by atoms with E-state index in [0.29, 0.717) is 0 Å². The number of benzene rings is 3. The van der Waals surface area contributed by atoms with E-state index in [1.165, 1.54) is 44.5 Å². The lowest BCUT2D eigenvalue weighted by Gasteiger charge is -2.26. The fourth-order valence-corrected chi connectivity index (χ4v) is 5.24. The second-order valence-electron chi connectivity index (χ2n) is 8.40. The van der Waals surface area contributed by atoms with Crippen LogP contribution in [0.3, 0.4) is 0 Å². The monoisotopic (exact) mass is 344 g/mol.